The van der Waals surface area contributed by atoms with Gasteiger partial charge in [0.2, 0.25) is 0 Å². The van der Waals surface area contributed by atoms with Gasteiger partial charge in [-0.2, -0.15) is 0 Å². The van der Waals surface area contributed by atoms with Crippen molar-refractivity contribution in [3.63, 3.8) is 0 Å². The average molecular weight is 568 g/mol. The van der Waals surface area contributed by atoms with Crippen LogP contribution in [0.25, 0.3) is 0 Å². The van der Waals surface area contributed by atoms with E-state index in [9.17, 15) is 0 Å². The molecular formula is C13H15I3O. The average Bonchev–Trinajstić information content (AvgIpc) is 2.70. The van der Waals surface area contributed by atoms with E-state index in [0.29, 0.717) is 6.10 Å². The van der Waals surface area contributed by atoms with Crippen LogP contribution in [0, 0.1) is 16.6 Å². The maximum Gasteiger partial charge on any atom is 0.146 e. The first-order valence-electron chi connectivity index (χ1n) is 5.93. The van der Waals surface area contributed by atoms with Gasteiger partial charge >= 0.3 is 0 Å². The SMILES string of the molecule is CCC1CCCC1Oc1c(I)cc(I)cc1I. The Hall–Kier alpha value is 1.21. The highest BCUT2D eigenvalue weighted by Gasteiger charge is 2.28. The van der Waals surface area contributed by atoms with Crippen molar-refractivity contribution in [1.82, 2.24) is 0 Å². The molecule has 0 aromatic heterocycles. The van der Waals surface area contributed by atoms with E-state index in [4.69, 9.17) is 4.74 Å². The molecule has 1 nitrogen and oxygen atoms in total. The third-order valence-corrected chi connectivity index (χ3v) is 5.57. The summed E-state index contributed by atoms with van der Waals surface area (Å²) in [6, 6.07) is 4.38. The molecule has 1 aliphatic carbocycles. The maximum absolute atomic E-state index is 6.28. The van der Waals surface area contributed by atoms with E-state index >= 15 is 0 Å². The lowest BCUT2D eigenvalue weighted by atomic mass is 10.0. The van der Waals surface area contributed by atoms with Crippen molar-refractivity contribution >= 4 is 67.8 Å². The first-order valence-corrected chi connectivity index (χ1v) is 9.16. The van der Waals surface area contributed by atoms with Crippen LogP contribution in [-0.2, 0) is 0 Å². The smallest absolute Gasteiger partial charge is 0.146 e. The molecule has 2 rings (SSSR count). The van der Waals surface area contributed by atoms with E-state index in [1.807, 2.05) is 0 Å². The second-order valence-corrected chi connectivity index (χ2v) is 8.02. The van der Waals surface area contributed by atoms with E-state index in [0.717, 1.165) is 11.7 Å². The molecule has 2 atom stereocenters. The van der Waals surface area contributed by atoms with Gasteiger partial charge in [0, 0.05) is 3.57 Å². The minimum atomic E-state index is 0.432. The zero-order valence-corrected chi connectivity index (χ0v) is 16.2. The molecule has 4 heteroatoms. The highest BCUT2D eigenvalue weighted by molar-refractivity contribution is 14.1. The molecule has 0 bridgehead atoms. The van der Waals surface area contributed by atoms with Crippen LogP contribution in [0.5, 0.6) is 5.75 Å². The van der Waals surface area contributed by atoms with E-state index in [2.05, 4.69) is 86.8 Å². The fourth-order valence-corrected chi connectivity index (χ4v) is 6.25. The van der Waals surface area contributed by atoms with Crippen LogP contribution in [0.1, 0.15) is 32.6 Å². The van der Waals surface area contributed by atoms with Gasteiger partial charge in [-0.1, -0.05) is 6.92 Å². The van der Waals surface area contributed by atoms with Crippen LogP contribution in [0.3, 0.4) is 0 Å². The molecule has 2 unspecified atom stereocenters. The highest BCUT2D eigenvalue weighted by Crippen LogP contribution is 2.36. The van der Waals surface area contributed by atoms with Gasteiger partial charge in [-0.15, -0.1) is 0 Å². The lowest BCUT2D eigenvalue weighted by molar-refractivity contribution is 0.154. The zero-order chi connectivity index (χ0) is 12.4. The Kier molecular flexibility index (Phi) is 5.66. The summed E-state index contributed by atoms with van der Waals surface area (Å²) in [6.45, 7) is 2.27. The highest BCUT2D eigenvalue weighted by atomic mass is 127. The van der Waals surface area contributed by atoms with Crippen LogP contribution in [-0.4, -0.2) is 6.10 Å². The summed E-state index contributed by atoms with van der Waals surface area (Å²) in [4.78, 5) is 0. The summed E-state index contributed by atoms with van der Waals surface area (Å²) in [7, 11) is 0. The summed E-state index contributed by atoms with van der Waals surface area (Å²) >= 11 is 7.12. The summed E-state index contributed by atoms with van der Waals surface area (Å²) in [5, 5.41) is 0. The Labute approximate surface area is 144 Å². The van der Waals surface area contributed by atoms with Crippen molar-refractivity contribution in [2.24, 2.45) is 5.92 Å². The van der Waals surface area contributed by atoms with E-state index in [-0.39, 0.29) is 0 Å². The predicted molar refractivity (Wildman–Crippen MR) is 96.6 cm³/mol. The topological polar surface area (TPSA) is 9.23 Å². The summed E-state index contributed by atoms with van der Waals surface area (Å²) < 4.78 is 10.0. The molecule has 1 fully saturated rings. The molecule has 0 N–H and O–H groups in total. The lowest BCUT2D eigenvalue weighted by Crippen LogP contribution is -2.21. The summed E-state index contributed by atoms with van der Waals surface area (Å²) in [5.74, 6) is 1.85. The molecule has 0 spiro atoms. The Morgan fingerprint density at radius 1 is 1.18 bits per heavy atom. The van der Waals surface area contributed by atoms with Crippen molar-refractivity contribution in [3.8, 4) is 5.75 Å². The molecule has 17 heavy (non-hydrogen) atoms. The first kappa shape index (κ1) is 14.6. The Morgan fingerprint density at radius 3 is 2.41 bits per heavy atom. The standard InChI is InChI=1S/C13H15I3O/c1-2-8-4-3-5-12(8)17-13-10(15)6-9(14)7-11(13)16/h6-8,12H,2-5H2,1H3. The maximum atomic E-state index is 6.28. The quantitative estimate of drug-likeness (QED) is 0.441. The van der Waals surface area contributed by atoms with Gasteiger partial charge in [0.05, 0.1) is 7.14 Å². The number of rotatable bonds is 3. The van der Waals surface area contributed by atoms with Gasteiger partial charge in [0.25, 0.3) is 0 Å². The molecular weight excluding hydrogens is 553 g/mol. The molecule has 0 aliphatic heterocycles. The van der Waals surface area contributed by atoms with Crippen LogP contribution in [0.2, 0.25) is 0 Å². The fraction of sp³-hybridized carbons (Fsp3) is 0.538. The Balaban J connectivity index is 2.18. The predicted octanol–water partition coefficient (Wildman–Crippen LogP) is 5.46. The summed E-state index contributed by atoms with van der Waals surface area (Å²) in [6.07, 6.45) is 5.54. The Bertz CT molecular complexity index is 383. The summed E-state index contributed by atoms with van der Waals surface area (Å²) in [5.41, 5.74) is 0. The van der Waals surface area contributed by atoms with E-state index in [1.54, 1.807) is 0 Å². The van der Waals surface area contributed by atoms with Crippen molar-refractivity contribution < 1.29 is 4.74 Å². The van der Waals surface area contributed by atoms with Crippen LogP contribution >= 0.6 is 67.8 Å². The number of benzene rings is 1. The van der Waals surface area contributed by atoms with E-state index in [1.165, 1.54) is 36.4 Å². The molecule has 1 aromatic rings. The number of hydrogen-bond acceptors (Lipinski definition) is 1. The van der Waals surface area contributed by atoms with Gasteiger partial charge in [0.1, 0.15) is 11.9 Å². The zero-order valence-electron chi connectivity index (χ0n) is 9.68. The molecule has 0 saturated heterocycles. The second kappa shape index (κ2) is 6.58. The van der Waals surface area contributed by atoms with Gasteiger partial charge in [-0.05, 0) is 112 Å². The Morgan fingerprint density at radius 2 is 1.82 bits per heavy atom. The van der Waals surface area contributed by atoms with Crippen LogP contribution < -0.4 is 4.74 Å². The van der Waals surface area contributed by atoms with Crippen LogP contribution in [0.15, 0.2) is 12.1 Å². The third-order valence-electron chi connectivity index (χ3n) is 3.35. The normalized spacial score (nSPS) is 24.0. The molecule has 1 aromatic carbocycles. The first-order chi connectivity index (χ1) is 8.11. The molecule has 94 valence electrons. The molecule has 1 aliphatic rings. The molecule has 0 heterocycles. The largest absolute Gasteiger partial charge is 0.488 e. The van der Waals surface area contributed by atoms with Crippen molar-refractivity contribution in [2.75, 3.05) is 0 Å². The van der Waals surface area contributed by atoms with E-state index < -0.39 is 0 Å². The minimum absolute atomic E-state index is 0.432. The monoisotopic (exact) mass is 568 g/mol. The minimum Gasteiger partial charge on any atom is -0.488 e. The molecule has 0 radical (unpaired) electrons. The van der Waals surface area contributed by atoms with Crippen LogP contribution in [0.4, 0.5) is 0 Å². The van der Waals surface area contributed by atoms with Gasteiger partial charge in [0.15, 0.2) is 0 Å². The third kappa shape index (κ3) is 3.61. The van der Waals surface area contributed by atoms with Crippen molar-refractivity contribution in [3.05, 3.63) is 22.8 Å². The number of hydrogen-bond donors (Lipinski definition) is 0. The molecule has 1 saturated carbocycles. The second-order valence-electron chi connectivity index (χ2n) is 4.45. The van der Waals surface area contributed by atoms with Gasteiger partial charge < -0.3 is 4.74 Å². The fourth-order valence-electron chi connectivity index (χ4n) is 2.42. The number of halogens is 3. The van der Waals surface area contributed by atoms with Crippen molar-refractivity contribution in [2.45, 2.75) is 38.7 Å². The lowest BCUT2D eigenvalue weighted by Gasteiger charge is -2.21. The van der Waals surface area contributed by atoms with Crippen molar-refractivity contribution in [1.29, 1.82) is 0 Å². The van der Waals surface area contributed by atoms with Gasteiger partial charge in [-0.25, -0.2) is 0 Å². The number of ether oxygens (including phenoxy) is 1. The molecule has 0 amide bonds. The van der Waals surface area contributed by atoms with Gasteiger partial charge in [-0.3, -0.25) is 0 Å².